The van der Waals surface area contributed by atoms with Crippen LogP contribution in [0.3, 0.4) is 0 Å². The predicted octanol–water partition coefficient (Wildman–Crippen LogP) is 0.0824. The van der Waals surface area contributed by atoms with E-state index in [4.69, 9.17) is 10.4 Å². The molecule has 1 aliphatic rings. The molecular weight excluding hydrogens is 265 g/mol. The molecule has 1 atom stereocenters. The number of carboxylic acids is 1. The molecule has 1 aromatic rings. The lowest BCUT2D eigenvalue weighted by Crippen LogP contribution is -2.57. The number of nitriles is 1. The lowest BCUT2D eigenvalue weighted by Gasteiger charge is -2.32. The van der Waals surface area contributed by atoms with Crippen molar-refractivity contribution in [1.82, 2.24) is 10.2 Å². The average molecular weight is 277 g/mol. The Morgan fingerprint density at radius 1 is 1.60 bits per heavy atom. The second-order valence-electron chi connectivity index (χ2n) is 4.48. The molecular formula is C13H12FN3O3. The molecule has 0 spiro atoms. The van der Waals surface area contributed by atoms with Crippen molar-refractivity contribution in [3.8, 4) is 6.07 Å². The van der Waals surface area contributed by atoms with Crippen LogP contribution < -0.4 is 5.32 Å². The third kappa shape index (κ3) is 2.92. The van der Waals surface area contributed by atoms with E-state index >= 15 is 0 Å². The van der Waals surface area contributed by atoms with E-state index in [0.29, 0.717) is 0 Å². The van der Waals surface area contributed by atoms with Crippen molar-refractivity contribution in [2.45, 2.75) is 12.6 Å². The topological polar surface area (TPSA) is 93.4 Å². The van der Waals surface area contributed by atoms with Gasteiger partial charge in [-0.25, -0.2) is 4.39 Å². The van der Waals surface area contributed by atoms with Crippen molar-refractivity contribution < 1.29 is 19.1 Å². The van der Waals surface area contributed by atoms with Crippen molar-refractivity contribution >= 4 is 11.9 Å². The molecule has 0 aromatic heterocycles. The highest BCUT2D eigenvalue weighted by Gasteiger charge is 2.32. The van der Waals surface area contributed by atoms with E-state index in [1.165, 1.54) is 17.0 Å². The number of carbonyl (C=O) groups is 2. The third-order valence-electron chi connectivity index (χ3n) is 3.11. The summed E-state index contributed by atoms with van der Waals surface area (Å²) in [6, 6.07) is 4.85. The Hall–Kier alpha value is -2.46. The molecule has 2 rings (SSSR count). The van der Waals surface area contributed by atoms with Crippen LogP contribution in [0.4, 0.5) is 4.39 Å². The van der Waals surface area contributed by atoms with Gasteiger partial charge < -0.3 is 10.4 Å². The van der Waals surface area contributed by atoms with Crippen LogP contribution in [0.15, 0.2) is 18.2 Å². The van der Waals surface area contributed by atoms with E-state index in [1.807, 2.05) is 6.07 Å². The van der Waals surface area contributed by atoms with Gasteiger partial charge in [-0.15, -0.1) is 0 Å². The molecule has 1 unspecified atom stereocenters. The summed E-state index contributed by atoms with van der Waals surface area (Å²) in [6.07, 6.45) is 0. The van der Waals surface area contributed by atoms with Crippen LogP contribution in [0, 0.1) is 17.1 Å². The van der Waals surface area contributed by atoms with Gasteiger partial charge in [0.2, 0.25) is 5.91 Å². The number of benzene rings is 1. The van der Waals surface area contributed by atoms with Crippen molar-refractivity contribution in [3.05, 3.63) is 35.1 Å². The SMILES string of the molecule is N#Cc1ccc(F)c(CN2CC(=O)NCC2C(=O)O)c1. The van der Waals surface area contributed by atoms with E-state index in [0.717, 1.165) is 6.07 Å². The van der Waals surface area contributed by atoms with Gasteiger partial charge in [0.1, 0.15) is 11.9 Å². The Bertz CT molecular complexity index is 597. The van der Waals surface area contributed by atoms with Crippen LogP contribution in [-0.2, 0) is 16.1 Å². The lowest BCUT2D eigenvalue weighted by atomic mass is 10.1. The van der Waals surface area contributed by atoms with Gasteiger partial charge in [0, 0.05) is 18.7 Å². The number of rotatable bonds is 3. The Kier molecular flexibility index (Phi) is 3.96. The minimum Gasteiger partial charge on any atom is -0.480 e. The Balaban J connectivity index is 2.24. The molecule has 6 nitrogen and oxygen atoms in total. The van der Waals surface area contributed by atoms with Crippen molar-refractivity contribution in [3.63, 3.8) is 0 Å². The van der Waals surface area contributed by atoms with Gasteiger partial charge >= 0.3 is 5.97 Å². The molecule has 1 saturated heterocycles. The maximum absolute atomic E-state index is 13.7. The normalized spacial score (nSPS) is 19.2. The molecule has 1 amide bonds. The van der Waals surface area contributed by atoms with E-state index in [-0.39, 0.29) is 36.7 Å². The fraction of sp³-hybridized carbons (Fsp3) is 0.308. The van der Waals surface area contributed by atoms with Crippen LogP contribution in [-0.4, -0.2) is 41.0 Å². The first-order chi connectivity index (χ1) is 9.51. The summed E-state index contributed by atoms with van der Waals surface area (Å²) in [5.41, 5.74) is 0.486. The highest BCUT2D eigenvalue weighted by molar-refractivity contribution is 5.83. The minimum absolute atomic E-state index is 0.0201. The Labute approximate surface area is 114 Å². The first-order valence-electron chi connectivity index (χ1n) is 5.93. The molecule has 1 aliphatic heterocycles. The molecule has 0 bridgehead atoms. The van der Waals surface area contributed by atoms with Gasteiger partial charge in [-0.1, -0.05) is 0 Å². The quantitative estimate of drug-likeness (QED) is 0.816. The van der Waals surface area contributed by atoms with E-state index in [9.17, 15) is 14.0 Å². The van der Waals surface area contributed by atoms with Crippen LogP contribution in [0.25, 0.3) is 0 Å². The molecule has 2 N–H and O–H groups in total. The fourth-order valence-corrected chi connectivity index (χ4v) is 2.08. The van der Waals surface area contributed by atoms with Gasteiger partial charge in [0.25, 0.3) is 0 Å². The second-order valence-corrected chi connectivity index (χ2v) is 4.48. The number of amides is 1. The summed E-state index contributed by atoms with van der Waals surface area (Å²) < 4.78 is 13.7. The summed E-state index contributed by atoms with van der Waals surface area (Å²) in [4.78, 5) is 23.9. The van der Waals surface area contributed by atoms with Crippen molar-refractivity contribution in [1.29, 1.82) is 5.26 Å². The maximum atomic E-state index is 13.7. The monoisotopic (exact) mass is 277 g/mol. The molecule has 1 fully saturated rings. The molecule has 0 aliphatic carbocycles. The maximum Gasteiger partial charge on any atom is 0.322 e. The van der Waals surface area contributed by atoms with Gasteiger partial charge in [0.05, 0.1) is 18.2 Å². The highest BCUT2D eigenvalue weighted by atomic mass is 19.1. The zero-order valence-corrected chi connectivity index (χ0v) is 10.5. The summed E-state index contributed by atoms with van der Waals surface area (Å²) >= 11 is 0. The number of nitrogens with one attached hydrogen (secondary N) is 1. The number of piperazine rings is 1. The lowest BCUT2D eigenvalue weighted by molar-refractivity contribution is -0.146. The van der Waals surface area contributed by atoms with Gasteiger partial charge in [0.15, 0.2) is 0 Å². The molecule has 1 aromatic carbocycles. The average Bonchev–Trinajstić information content (AvgIpc) is 2.41. The first-order valence-corrected chi connectivity index (χ1v) is 5.93. The van der Waals surface area contributed by atoms with Gasteiger partial charge in [-0.2, -0.15) is 5.26 Å². The van der Waals surface area contributed by atoms with Gasteiger partial charge in [-0.05, 0) is 18.2 Å². The number of nitrogens with zero attached hydrogens (tertiary/aromatic N) is 2. The number of carboxylic acid groups (broad SMARTS) is 1. The number of halogens is 1. The summed E-state index contributed by atoms with van der Waals surface area (Å²) in [5.74, 6) is -1.92. The number of carbonyl (C=O) groups excluding carboxylic acids is 1. The highest BCUT2D eigenvalue weighted by Crippen LogP contribution is 2.16. The molecule has 7 heteroatoms. The Morgan fingerprint density at radius 3 is 3.00 bits per heavy atom. The molecule has 20 heavy (non-hydrogen) atoms. The molecule has 0 radical (unpaired) electrons. The van der Waals surface area contributed by atoms with Crippen LogP contribution in [0.2, 0.25) is 0 Å². The number of aliphatic carboxylic acids is 1. The molecule has 104 valence electrons. The van der Waals surface area contributed by atoms with Crippen molar-refractivity contribution in [2.24, 2.45) is 0 Å². The number of hydrogen-bond acceptors (Lipinski definition) is 4. The van der Waals surface area contributed by atoms with Crippen LogP contribution in [0.1, 0.15) is 11.1 Å². The zero-order valence-electron chi connectivity index (χ0n) is 10.5. The summed E-state index contributed by atoms with van der Waals surface area (Å²) in [7, 11) is 0. The predicted molar refractivity (Wildman–Crippen MR) is 66.0 cm³/mol. The smallest absolute Gasteiger partial charge is 0.322 e. The van der Waals surface area contributed by atoms with Gasteiger partial charge in [-0.3, -0.25) is 14.5 Å². The molecule has 1 heterocycles. The standard InChI is InChI=1S/C13H12FN3O3/c14-10-2-1-8(4-15)3-9(10)6-17-7-12(18)16-5-11(17)13(19)20/h1-3,11H,5-7H2,(H,16,18)(H,19,20). The van der Waals surface area contributed by atoms with E-state index in [2.05, 4.69) is 5.32 Å². The first kappa shape index (κ1) is 14.0. The van der Waals surface area contributed by atoms with Crippen LogP contribution in [0.5, 0.6) is 0 Å². The van der Waals surface area contributed by atoms with Crippen LogP contribution >= 0.6 is 0 Å². The van der Waals surface area contributed by atoms with Crippen molar-refractivity contribution in [2.75, 3.05) is 13.1 Å². The van der Waals surface area contributed by atoms with E-state index < -0.39 is 17.8 Å². The molecule has 0 saturated carbocycles. The largest absolute Gasteiger partial charge is 0.480 e. The minimum atomic E-state index is -1.08. The third-order valence-corrected chi connectivity index (χ3v) is 3.11. The second kappa shape index (κ2) is 5.67. The fourth-order valence-electron chi connectivity index (χ4n) is 2.08. The Morgan fingerprint density at radius 2 is 2.35 bits per heavy atom. The van der Waals surface area contributed by atoms with E-state index in [1.54, 1.807) is 0 Å². The summed E-state index contributed by atoms with van der Waals surface area (Å²) in [5, 5.41) is 20.4. The number of hydrogen-bond donors (Lipinski definition) is 2. The zero-order chi connectivity index (χ0) is 14.7. The summed E-state index contributed by atoms with van der Waals surface area (Å²) in [6.45, 7) is -0.174.